The van der Waals surface area contributed by atoms with Crippen molar-refractivity contribution in [3.63, 3.8) is 0 Å². The molecule has 0 aromatic carbocycles. The maximum absolute atomic E-state index is 5.99. The predicted molar refractivity (Wildman–Crippen MR) is 90.0 cm³/mol. The number of nitrogens with two attached hydrogens (primary N) is 1. The van der Waals surface area contributed by atoms with Gasteiger partial charge in [0.25, 0.3) is 0 Å². The number of aromatic nitrogens is 2. The Hall–Kier alpha value is -1.20. The molecule has 114 valence electrons. The summed E-state index contributed by atoms with van der Waals surface area (Å²) in [4.78, 5) is 13.8. The van der Waals surface area contributed by atoms with E-state index in [1.54, 1.807) is 17.7 Å². The highest BCUT2D eigenvalue weighted by molar-refractivity contribution is 7.18. The molecule has 0 bridgehead atoms. The molecule has 2 unspecified atom stereocenters. The third kappa shape index (κ3) is 2.77. The van der Waals surface area contributed by atoms with Crippen LogP contribution in [0.2, 0.25) is 0 Å². The highest BCUT2D eigenvalue weighted by atomic mass is 32.1. The van der Waals surface area contributed by atoms with Gasteiger partial charge in [-0.1, -0.05) is 19.8 Å². The van der Waals surface area contributed by atoms with E-state index in [1.165, 1.54) is 35.9 Å². The first-order chi connectivity index (χ1) is 10.2. The molecule has 0 radical (unpaired) electrons. The second-order valence-electron chi connectivity index (χ2n) is 5.94. The van der Waals surface area contributed by atoms with E-state index in [2.05, 4.69) is 34.9 Å². The number of nitrogens with zero attached hydrogens (tertiary/aromatic N) is 3. The van der Waals surface area contributed by atoms with Gasteiger partial charge in [-0.2, -0.15) is 0 Å². The van der Waals surface area contributed by atoms with Crippen LogP contribution in [0.25, 0.3) is 10.2 Å². The molecule has 0 aliphatic heterocycles. The van der Waals surface area contributed by atoms with Crippen molar-refractivity contribution in [2.24, 2.45) is 11.7 Å². The first-order valence-corrected chi connectivity index (χ1v) is 8.72. The summed E-state index contributed by atoms with van der Waals surface area (Å²) in [7, 11) is 2.17. The van der Waals surface area contributed by atoms with Gasteiger partial charge in [-0.05, 0) is 37.8 Å². The van der Waals surface area contributed by atoms with Crippen LogP contribution >= 0.6 is 11.3 Å². The third-order valence-corrected chi connectivity index (χ3v) is 5.90. The van der Waals surface area contributed by atoms with Crippen LogP contribution in [0.5, 0.6) is 0 Å². The molecular weight excluding hydrogens is 280 g/mol. The zero-order valence-electron chi connectivity index (χ0n) is 12.9. The van der Waals surface area contributed by atoms with E-state index in [0.717, 1.165) is 23.6 Å². The fourth-order valence-electron chi connectivity index (χ4n) is 3.48. The van der Waals surface area contributed by atoms with Gasteiger partial charge >= 0.3 is 0 Å². The Morgan fingerprint density at radius 3 is 2.90 bits per heavy atom. The van der Waals surface area contributed by atoms with Crippen molar-refractivity contribution in [1.29, 1.82) is 0 Å². The van der Waals surface area contributed by atoms with Crippen LogP contribution in [0.1, 0.15) is 37.5 Å². The van der Waals surface area contributed by atoms with Crippen molar-refractivity contribution >= 4 is 27.4 Å². The summed E-state index contributed by atoms with van der Waals surface area (Å²) in [5.41, 5.74) is 5.99. The van der Waals surface area contributed by atoms with Crippen LogP contribution in [0.15, 0.2) is 12.4 Å². The summed E-state index contributed by atoms with van der Waals surface area (Å²) < 4.78 is 0. The number of rotatable bonds is 4. The van der Waals surface area contributed by atoms with E-state index in [-0.39, 0.29) is 0 Å². The molecule has 2 aromatic heterocycles. The van der Waals surface area contributed by atoms with Crippen LogP contribution in [0.3, 0.4) is 0 Å². The molecule has 4 nitrogen and oxygen atoms in total. The van der Waals surface area contributed by atoms with Crippen LogP contribution in [-0.2, 0) is 6.42 Å². The number of hydrogen-bond donors (Lipinski definition) is 1. The van der Waals surface area contributed by atoms with E-state index in [4.69, 9.17) is 5.73 Å². The summed E-state index contributed by atoms with van der Waals surface area (Å²) in [6.07, 6.45) is 7.81. The average Bonchev–Trinajstić information content (AvgIpc) is 2.97. The first kappa shape index (κ1) is 14.7. The minimum Gasteiger partial charge on any atom is -0.356 e. The number of thiophene rings is 1. The predicted octanol–water partition coefficient (Wildman–Crippen LogP) is 3.21. The molecule has 2 N–H and O–H groups in total. The number of aryl methyl sites for hydroxylation is 1. The zero-order valence-corrected chi connectivity index (χ0v) is 13.7. The molecule has 2 atom stereocenters. The molecule has 1 saturated carbocycles. The maximum atomic E-state index is 5.99. The zero-order chi connectivity index (χ0) is 14.8. The summed E-state index contributed by atoms with van der Waals surface area (Å²) in [6.45, 7) is 2.96. The Morgan fingerprint density at radius 1 is 1.33 bits per heavy atom. The molecular formula is C16H24N4S. The lowest BCUT2D eigenvalue weighted by molar-refractivity contribution is 0.306. The van der Waals surface area contributed by atoms with Crippen LogP contribution < -0.4 is 10.6 Å². The highest BCUT2D eigenvalue weighted by Crippen LogP contribution is 2.34. The Kier molecular flexibility index (Phi) is 4.40. The average molecular weight is 304 g/mol. The lowest BCUT2D eigenvalue weighted by Crippen LogP contribution is -2.43. The molecule has 2 heterocycles. The molecule has 21 heavy (non-hydrogen) atoms. The quantitative estimate of drug-likeness (QED) is 0.942. The Bertz CT molecular complexity index is 609. The third-order valence-electron chi connectivity index (χ3n) is 4.71. The highest BCUT2D eigenvalue weighted by Gasteiger charge is 2.29. The Morgan fingerprint density at radius 2 is 2.14 bits per heavy atom. The smallest absolute Gasteiger partial charge is 0.140 e. The second kappa shape index (κ2) is 6.28. The van der Waals surface area contributed by atoms with Gasteiger partial charge in [0.2, 0.25) is 0 Å². The topological polar surface area (TPSA) is 55.0 Å². The van der Waals surface area contributed by atoms with Crippen LogP contribution in [-0.4, -0.2) is 29.6 Å². The Labute approximate surface area is 130 Å². The summed E-state index contributed by atoms with van der Waals surface area (Å²) >= 11 is 1.78. The normalized spacial score (nSPS) is 22.6. The fraction of sp³-hybridized carbons (Fsp3) is 0.625. The van der Waals surface area contributed by atoms with E-state index >= 15 is 0 Å². The number of anilines is 1. The lowest BCUT2D eigenvalue weighted by atomic mass is 9.83. The van der Waals surface area contributed by atoms with Gasteiger partial charge in [0.1, 0.15) is 17.0 Å². The molecule has 0 spiro atoms. The molecule has 5 heteroatoms. The molecule has 1 fully saturated rings. The molecule has 3 rings (SSSR count). The summed E-state index contributed by atoms with van der Waals surface area (Å²) in [6, 6.07) is 2.76. The van der Waals surface area contributed by atoms with Gasteiger partial charge in [0.05, 0.1) is 5.39 Å². The van der Waals surface area contributed by atoms with Gasteiger partial charge < -0.3 is 10.6 Å². The van der Waals surface area contributed by atoms with Gasteiger partial charge in [-0.3, -0.25) is 0 Å². The van der Waals surface area contributed by atoms with Gasteiger partial charge in [-0.25, -0.2) is 9.97 Å². The van der Waals surface area contributed by atoms with E-state index < -0.39 is 0 Å². The monoisotopic (exact) mass is 304 g/mol. The molecule has 0 amide bonds. The standard InChI is InChI=1S/C16H24N4S/c1-3-12-8-13-15(18-10-19-16(13)21-12)20(2)14-7-5-4-6-11(14)9-17/h8,10-11,14H,3-7,9,17H2,1-2H3. The lowest BCUT2D eigenvalue weighted by Gasteiger charge is -2.38. The second-order valence-corrected chi connectivity index (χ2v) is 7.06. The number of fused-ring (bicyclic) bond motifs is 1. The van der Waals surface area contributed by atoms with Crippen molar-refractivity contribution in [2.75, 3.05) is 18.5 Å². The van der Waals surface area contributed by atoms with Crippen molar-refractivity contribution in [3.05, 3.63) is 17.3 Å². The maximum Gasteiger partial charge on any atom is 0.140 e. The van der Waals surface area contributed by atoms with Crippen molar-refractivity contribution in [1.82, 2.24) is 9.97 Å². The Balaban J connectivity index is 1.96. The van der Waals surface area contributed by atoms with E-state index in [9.17, 15) is 0 Å². The minimum absolute atomic E-state index is 0.506. The van der Waals surface area contributed by atoms with Gasteiger partial charge in [-0.15, -0.1) is 11.3 Å². The van der Waals surface area contributed by atoms with E-state index in [1.807, 2.05) is 0 Å². The van der Waals surface area contributed by atoms with Crippen molar-refractivity contribution in [2.45, 2.75) is 45.1 Å². The fourth-order valence-corrected chi connectivity index (χ4v) is 4.41. The van der Waals surface area contributed by atoms with Crippen molar-refractivity contribution in [3.8, 4) is 0 Å². The van der Waals surface area contributed by atoms with E-state index in [0.29, 0.717) is 12.0 Å². The largest absolute Gasteiger partial charge is 0.356 e. The molecule has 0 saturated heterocycles. The minimum atomic E-state index is 0.506. The molecule has 1 aliphatic carbocycles. The molecule has 1 aliphatic rings. The van der Waals surface area contributed by atoms with Gasteiger partial charge in [0, 0.05) is 18.0 Å². The molecule has 2 aromatic rings. The number of hydrogen-bond acceptors (Lipinski definition) is 5. The van der Waals surface area contributed by atoms with Crippen LogP contribution in [0.4, 0.5) is 5.82 Å². The summed E-state index contributed by atoms with van der Waals surface area (Å²) in [5, 5.41) is 1.20. The summed E-state index contributed by atoms with van der Waals surface area (Å²) in [5.74, 6) is 1.65. The SMILES string of the molecule is CCc1cc2c(N(C)C3CCCCC3CN)ncnc2s1. The van der Waals surface area contributed by atoms with Crippen molar-refractivity contribution < 1.29 is 0 Å². The first-order valence-electron chi connectivity index (χ1n) is 7.91. The van der Waals surface area contributed by atoms with Gasteiger partial charge in [0.15, 0.2) is 0 Å². The van der Waals surface area contributed by atoms with Crippen LogP contribution in [0, 0.1) is 5.92 Å².